The summed E-state index contributed by atoms with van der Waals surface area (Å²) in [7, 11) is -4.03. The van der Waals surface area contributed by atoms with Crippen molar-refractivity contribution in [1.82, 2.24) is 9.62 Å². The molecule has 4 rings (SSSR count). The Kier molecular flexibility index (Phi) is 6.49. The largest absolute Gasteiger partial charge is 0.350 e. The average Bonchev–Trinajstić information content (AvgIpc) is 2.84. The quantitative estimate of drug-likeness (QED) is 0.587. The lowest BCUT2D eigenvalue weighted by Crippen LogP contribution is -2.70. The van der Waals surface area contributed by atoms with Gasteiger partial charge < -0.3 is 5.32 Å². The molecule has 0 bridgehead atoms. The molecule has 0 unspecified atom stereocenters. The molecule has 3 aromatic carbocycles. The second-order valence-electron chi connectivity index (χ2n) is 8.23. The van der Waals surface area contributed by atoms with Crippen molar-refractivity contribution in [3.8, 4) is 0 Å². The fourth-order valence-electron chi connectivity index (χ4n) is 4.04. The molecule has 176 valence electrons. The summed E-state index contributed by atoms with van der Waals surface area (Å²) in [6, 6.07) is 22.2. The lowest BCUT2D eigenvalue weighted by Gasteiger charge is -2.46. The third kappa shape index (κ3) is 4.57. The molecule has 34 heavy (non-hydrogen) atoms. The van der Waals surface area contributed by atoms with Crippen LogP contribution in [0.2, 0.25) is 0 Å². The number of hydrogen-bond donors (Lipinski definition) is 1. The summed E-state index contributed by atoms with van der Waals surface area (Å²) in [5.74, 6) is -1.60. The number of carbonyl (C=O) groups excluding carboxylic acids is 2. The first kappa shape index (κ1) is 23.6. The summed E-state index contributed by atoms with van der Waals surface area (Å²) in [6.07, 6.45) is 0. The Morgan fingerprint density at radius 2 is 1.56 bits per heavy atom. The molecule has 0 saturated carbocycles. The van der Waals surface area contributed by atoms with Crippen LogP contribution in [-0.2, 0) is 26.2 Å². The lowest BCUT2D eigenvalue weighted by atomic mass is 9.94. The van der Waals surface area contributed by atoms with Crippen LogP contribution in [0.5, 0.6) is 0 Å². The highest BCUT2D eigenvalue weighted by atomic mass is 32.2. The maximum absolute atomic E-state index is 13.5. The van der Waals surface area contributed by atoms with E-state index in [2.05, 4.69) is 5.32 Å². The van der Waals surface area contributed by atoms with Gasteiger partial charge in [-0.1, -0.05) is 48.5 Å². The molecular weight excluding hydrogens is 457 g/mol. The van der Waals surface area contributed by atoms with Crippen LogP contribution in [0.25, 0.3) is 0 Å². The van der Waals surface area contributed by atoms with E-state index >= 15 is 0 Å². The van der Waals surface area contributed by atoms with Crippen molar-refractivity contribution in [3.05, 3.63) is 96.3 Å². The molecule has 0 spiro atoms. The Balaban J connectivity index is 1.70. The first-order valence-corrected chi connectivity index (χ1v) is 12.1. The Morgan fingerprint density at radius 1 is 0.971 bits per heavy atom. The van der Waals surface area contributed by atoms with E-state index < -0.39 is 39.7 Å². The monoisotopic (exact) mass is 481 g/mol. The summed E-state index contributed by atoms with van der Waals surface area (Å²) in [4.78, 5) is 28.1. The van der Waals surface area contributed by atoms with Crippen molar-refractivity contribution < 1.29 is 22.4 Å². The highest BCUT2D eigenvalue weighted by Crippen LogP contribution is 2.32. The van der Waals surface area contributed by atoms with Gasteiger partial charge in [-0.05, 0) is 48.9 Å². The molecular formula is C25H24FN3O4S. The fraction of sp³-hybridized carbons (Fsp3) is 0.200. The van der Waals surface area contributed by atoms with Gasteiger partial charge in [-0.15, -0.1) is 0 Å². The first-order valence-electron chi connectivity index (χ1n) is 10.7. The zero-order valence-electron chi connectivity index (χ0n) is 18.5. The van der Waals surface area contributed by atoms with Gasteiger partial charge in [0.15, 0.2) is 0 Å². The van der Waals surface area contributed by atoms with E-state index in [0.29, 0.717) is 5.69 Å². The zero-order chi connectivity index (χ0) is 24.3. The Labute approximate surface area is 197 Å². The van der Waals surface area contributed by atoms with E-state index in [0.717, 1.165) is 9.87 Å². The molecule has 0 aromatic heterocycles. The van der Waals surface area contributed by atoms with E-state index in [1.54, 1.807) is 18.2 Å². The number of carbonyl (C=O) groups is 2. The van der Waals surface area contributed by atoms with Gasteiger partial charge in [-0.3, -0.25) is 14.5 Å². The number of benzene rings is 3. The van der Waals surface area contributed by atoms with Crippen LogP contribution in [-0.4, -0.2) is 43.2 Å². The maximum Gasteiger partial charge on any atom is 0.247 e. The molecule has 1 aliphatic rings. The van der Waals surface area contributed by atoms with Crippen molar-refractivity contribution in [2.24, 2.45) is 0 Å². The summed E-state index contributed by atoms with van der Waals surface area (Å²) in [5, 5.41) is 2.82. The van der Waals surface area contributed by atoms with Crippen LogP contribution >= 0.6 is 0 Å². The molecule has 9 heteroatoms. The number of piperazine rings is 1. The standard InChI is InChI=1S/C25H24FN3O4S/c1-25(24(31)27-16-19-8-4-2-5-9-19)18-28(34(32,33)22-10-6-3-7-11-22)17-23(30)29(25)21-14-12-20(26)13-15-21/h2-15H,16-18H2,1H3,(H,27,31)/t25-/m0/s1. The molecule has 0 radical (unpaired) electrons. The van der Waals surface area contributed by atoms with Crippen molar-refractivity contribution in [2.45, 2.75) is 23.9 Å². The van der Waals surface area contributed by atoms with Crippen LogP contribution < -0.4 is 10.2 Å². The van der Waals surface area contributed by atoms with Gasteiger partial charge >= 0.3 is 0 Å². The van der Waals surface area contributed by atoms with Gasteiger partial charge in [0, 0.05) is 18.8 Å². The lowest BCUT2D eigenvalue weighted by molar-refractivity contribution is -0.133. The number of nitrogens with zero attached hydrogens (tertiary/aromatic N) is 2. The highest BCUT2D eigenvalue weighted by Gasteiger charge is 2.51. The predicted octanol–water partition coefficient (Wildman–Crippen LogP) is 2.94. The number of sulfonamides is 1. The highest BCUT2D eigenvalue weighted by molar-refractivity contribution is 7.89. The number of anilines is 1. The number of nitrogens with one attached hydrogen (secondary N) is 1. The molecule has 1 heterocycles. The number of halogens is 1. The number of amides is 2. The third-order valence-electron chi connectivity index (χ3n) is 5.79. The fourth-order valence-corrected chi connectivity index (χ4v) is 5.54. The molecule has 1 saturated heterocycles. The van der Waals surface area contributed by atoms with Crippen LogP contribution in [0.1, 0.15) is 12.5 Å². The minimum absolute atomic E-state index is 0.0325. The predicted molar refractivity (Wildman–Crippen MR) is 126 cm³/mol. The molecule has 1 atom stereocenters. The van der Waals surface area contributed by atoms with Crippen molar-refractivity contribution in [1.29, 1.82) is 0 Å². The van der Waals surface area contributed by atoms with E-state index in [1.165, 1.54) is 48.2 Å². The van der Waals surface area contributed by atoms with Gasteiger partial charge in [-0.25, -0.2) is 12.8 Å². The van der Waals surface area contributed by atoms with Gasteiger partial charge in [0.05, 0.1) is 11.4 Å². The average molecular weight is 482 g/mol. The second-order valence-corrected chi connectivity index (χ2v) is 10.2. The van der Waals surface area contributed by atoms with Crippen LogP contribution in [0.3, 0.4) is 0 Å². The molecule has 7 nitrogen and oxygen atoms in total. The molecule has 0 aliphatic carbocycles. The van der Waals surface area contributed by atoms with Crippen molar-refractivity contribution >= 4 is 27.5 Å². The molecule has 1 fully saturated rings. The topological polar surface area (TPSA) is 86.8 Å². The maximum atomic E-state index is 13.5. The first-order chi connectivity index (χ1) is 16.2. The minimum Gasteiger partial charge on any atom is -0.350 e. The van der Waals surface area contributed by atoms with E-state index in [9.17, 15) is 22.4 Å². The van der Waals surface area contributed by atoms with Gasteiger partial charge in [0.1, 0.15) is 11.4 Å². The van der Waals surface area contributed by atoms with Crippen LogP contribution in [0.4, 0.5) is 10.1 Å². The summed E-state index contributed by atoms with van der Waals surface area (Å²) >= 11 is 0. The number of rotatable bonds is 6. The van der Waals surface area contributed by atoms with Crippen molar-refractivity contribution in [3.63, 3.8) is 0 Å². The molecule has 2 amide bonds. The van der Waals surface area contributed by atoms with Crippen LogP contribution in [0.15, 0.2) is 89.8 Å². The second kappa shape index (κ2) is 9.36. The molecule has 1 aliphatic heterocycles. The van der Waals surface area contributed by atoms with E-state index in [4.69, 9.17) is 0 Å². The Hall–Kier alpha value is -3.56. The normalized spacial score (nSPS) is 19.1. The summed E-state index contributed by atoms with van der Waals surface area (Å²) in [6.45, 7) is 0.998. The van der Waals surface area contributed by atoms with Gasteiger partial charge in [0.25, 0.3) is 0 Å². The molecule has 3 aromatic rings. The number of hydrogen-bond acceptors (Lipinski definition) is 4. The molecule has 1 N–H and O–H groups in total. The summed E-state index contributed by atoms with van der Waals surface area (Å²) in [5.41, 5.74) is -0.423. The smallest absolute Gasteiger partial charge is 0.247 e. The Morgan fingerprint density at radius 3 is 2.18 bits per heavy atom. The zero-order valence-corrected chi connectivity index (χ0v) is 19.3. The van der Waals surface area contributed by atoms with Crippen LogP contribution in [0, 0.1) is 5.82 Å². The van der Waals surface area contributed by atoms with Gasteiger partial charge in [-0.2, -0.15) is 4.31 Å². The van der Waals surface area contributed by atoms with E-state index in [1.807, 2.05) is 30.3 Å². The van der Waals surface area contributed by atoms with Crippen molar-refractivity contribution in [2.75, 3.05) is 18.0 Å². The van der Waals surface area contributed by atoms with E-state index in [-0.39, 0.29) is 18.0 Å². The Bertz CT molecular complexity index is 1280. The summed E-state index contributed by atoms with van der Waals surface area (Å²) < 4.78 is 41.1. The minimum atomic E-state index is -4.03. The SMILES string of the molecule is C[C@@]1(C(=O)NCc2ccccc2)CN(S(=O)(=O)c2ccccc2)CC(=O)N1c1ccc(F)cc1. The third-order valence-corrected chi connectivity index (χ3v) is 7.60. The van der Waals surface area contributed by atoms with Gasteiger partial charge in [0.2, 0.25) is 21.8 Å².